The molecule has 2 heterocycles. The van der Waals surface area contributed by atoms with E-state index in [1.807, 2.05) is 6.92 Å². The van der Waals surface area contributed by atoms with Crippen molar-refractivity contribution in [2.45, 2.75) is 40.2 Å². The fraction of sp³-hybridized carbons (Fsp3) is 0.500. The lowest BCUT2D eigenvalue weighted by atomic mass is 10.2. The van der Waals surface area contributed by atoms with Gasteiger partial charge in [-0.15, -0.1) is 22.7 Å². The highest BCUT2D eigenvalue weighted by molar-refractivity contribution is 7.16. The summed E-state index contributed by atoms with van der Waals surface area (Å²) in [4.78, 5) is 10.4. The predicted octanol–water partition coefficient (Wildman–Crippen LogP) is 3.96. The molecule has 0 fully saturated rings. The maximum absolute atomic E-state index is 4.62. The number of aryl methyl sites for hydroxylation is 2. The van der Waals surface area contributed by atoms with Gasteiger partial charge in [-0.1, -0.05) is 6.92 Å². The highest BCUT2D eigenvalue weighted by atomic mass is 32.1. The summed E-state index contributed by atoms with van der Waals surface area (Å²) in [6.45, 7) is 8.43. The van der Waals surface area contributed by atoms with E-state index in [9.17, 15) is 0 Å². The van der Waals surface area contributed by atoms with Gasteiger partial charge in [-0.05, 0) is 27.2 Å². The maximum Gasteiger partial charge on any atom is 0.183 e. The normalized spacial score (nSPS) is 11.1. The van der Waals surface area contributed by atoms with E-state index < -0.39 is 0 Å². The van der Waals surface area contributed by atoms with E-state index >= 15 is 0 Å². The molecule has 0 aromatic carbocycles. The van der Waals surface area contributed by atoms with Crippen LogP contribution in [-0.2, 0) is 6.42 Å². The molecule has 0 aliphatic rings. The number of hydrogen-bond acceptors (Lipinski definition) is 5. The number of hydrogen-bond donors (Lipinski definition) is 1. The standard InChI is InChI=1S/C12H17N3S2/c1-5-9-11(17-8(4)14-9)10-6-16-12(15-10)13-7(2)3/h6-7H,5H2,1-4H3,(H,13,15). The van der Waals surface area contributed by atoms with Gasteiger partial charge in [0.25, 0.3) is 0 Å². The Labute approximate surface area is 110 Å². The van der Waals surface area contributed by atoms with E-state index in [1.54, 1.807) is 22.7 Å². The van der Waals surface area contributed by atoms with Gasteiger partial charge >= 0.3 is 0 Å². The van der Waals surface area contributed by atoms with Crippen LogP contribution in [0.25, 0.3) is 10.6 Å². The van der Waals surface area contributed by atoms with Gasteiger partial charge in [0.2, 0.25) is 0 Å². The van der Waals surface area contributed by atoms with Gasteiger partial charge in [-0.3, -0.25) is 0 Å². The molecule has 0 atom stereocenters. The van der Waals surface area contributed by atoms with Crippen molar-refractivity contribution in [3.05, 3.63) is 16.1 Å². The first-order valence-corrected chi connectivity index (χ1v) is 7.48. The summed E-state index contributed by atoms with van der Waals surface area (Å²) in [5, 5.41) is 7.54. The first-order chi connectivity index (χ1) is 8.10. The first-order valence-electron chi connectivity index (χ1n) is 5.79. The fourth-order valence-corrected chi connectivity index (χ4v) is 3.49. The molecule has 0 spiro atoms. The Morgan fingerprint density at radius 2 is 2.12 bits per heavy atom. The maximum atomic E-state index is 4.62. The van der Waals surface area contributed by atoms with Crippen molar-refractivity contribution in [1.29, 1.82) is 0 Å². The summed E-state index contributed by atoms with van der Waals surface area (Å²) < 4.78 is 0. The molecule has 2 rings (SSSR count). The van der Waals surface area contributed by atoms with Crippen LogP contribution in [0.3, 0.4) is 0 Å². The molecule has 0 unspecified atom stereocenters. The molecule has 1 N–H and O–H groups in total. The van der Waals surface area contributed by atoms with Gasteiger partial charge in [0, 0.05) is 11.4 Å². The topological polar surface area (TPSA) is 37.8 Å². The van der Waals surface area contributed by atoms with Crippen LogP contribution in [0.1, 0.15) is 31.5 Å². The Kier molecular flexibility index (Phi) is 3.79. The molecule has 17 heavy (non-hydrogen) atoms. The molecule has 0 saturated carbocycles. The molecule has 0 amide bonds. The third-order valence-electron chi connectivity index (χ3n) is 2.29. The lowest BCUT2D eigenvalue weighted by Crippen LogP contribution is -2.08. The van der Waals surface area contributed by atoms with Crippen molar-refractivity contribution < 1.29 is 0 Å². The third-order valence-corrected chi connectivity index (χ3v) is 4.10. The van der Waals surface area contributed by atoms with E-state index in [1.165, 1.54) is 4.88 Å². The van der Waals surface area contributed by atoms with Gasteiger partial charge in [-0.2, -0.15) is 0 Å². The zero-order valence-electron chi connectivity index (χ0n) is 10.6. The molecule has 3 nitrogen and oxygen atoms in total. The predicted molar refractivity (Wildman–Crippen MR) is 76.1 cm³/mol. The van der Waals surface area contributed by atoms with Crippen LogP contribution in [0.4, 0.5) is 5.13 Å². The molecular formula is C12H17N3S2. The van der Waals surface area contributed by atoms with Crippen molar-refractivity contribution in [2.24, 2.45) is 0 Å². The summed E-state index contributed by atoms with van der Waals surface area (Å²) in [7, 11) is 0. The number of anilines is 1. The zero-order valence-corrected chi connectivity index (χ0v) is 12.2. The largest absolute Gasteiger partial charge is 0.359 e. The molecule has 2 aromatic rings. The van der Waals surface area contributed by atoms with Crippen molar-refractivity contribution in [3.63, 3.8) is 0 Å². The average Bonchev–Trinajstić information content (AvgIpc) is 2.83. The molecule has 5 heteroatoms. The summed E-state index contributed by atoms with van der Waals surface area (Å²) >= 11 is 3.39. The summed E-state index contributed by atoms with van der Waals surface area (Å²) in [6.07, 6.45) is 0.962. The van der Waals surface area contributed by atoms with Crippen LogP contribution in [-0.4, -0.2) is 16.0 Å². The molecule has 92 valence electrons. The Morgan fingerprint density at radius 1 is 1.35 bits per heavy atom. The minimum absolute atomic E-state index is 0.419. The first kappa shape index (κ1) is 12.5. The van der Waals surface area contributed by atoms with Crippen molar-refractivity contribution in [2.75, 3.05) is 5.32 Å². The van der Waals surface area contributed by atoms with E-state index in [4.69, 9.17) is 0 Å². The van der Waals surface area contributed by atoms with E-state index in [0.29, 0.717) is 6.04 Å². The second-order valence-electron chi connectivity index (χ2n) is 4.20. The van der Waals surface area contributed by atoms with Crippen LogP contribution in [0.2, 0.25) is 0 Å². The SMILES string of the molecule is CCc1nc(C)sc1-c1csc(NC(C)C)n1. The highest BCUT2D eigenvalue weighted by Crippen LogP contribution is 2.32. The van der Waals surface area contributed by atoms with Crippen molar-refractivity contribution in [3.8, 4) is 10.6 Å². The summed E-state index contributed by atoms with van der Waals surface area (Å²) in [6, 6.07) is 0.419. The molecule has 0 bridgehead atoms. The Bertz CT molecular complexity index is 500. The Morgan fingerprint density at radius 3 is 2.76 bits per heavy atom. The van der Waals surface area contributed by atoms with Crippen molar-refractivity contribution >= 4 is 27.8 Å². The van der Waals surface area contributed by atoms with Crippen LogP contribution in [0.5, 0.6) is 0 Å². The molecule has 0 radical (unpaired) electrons. The van der Waals surface area contributed by atoms with Crippen LogP contribution in [0.15, 0.2) is 5.38 Å². The van der Waals surface area contributed by atoms with Gasteiger partial charge < -0.3 is 5.32 Å². The fourth-order valence-electron chi connectivity index (χ4n) is 1.60. The van der Waals surface area contributed by atoms with Crippen LogP contribution in [0, 0.1) is 6.92 Å². The van der Waals surface area contributed by atoms with Gasteiger partial charge in [0.1, 0.15) is 0 Å². The van der Waals surface area contributed by atoms with Gasteiger partial charge in [-0.25, -0.2) is 9.97 Å². The lowest BCUT2D eigenvalue weighted by molar-refractivity contribution is 0.897. The number of thiazole rings is 2. The van der Waals surface area contributed by atoms with Crippen LogP contribution < -0.4 is 5.32 Å². The minimum Gasteiger partial charge on any atom is -0.359 e. The highest BCUT2D eigenvalue weighted by Gasteiger charge is 2.13. The van der Waals surface area contributed by atoms with E-state index in [-0.39, 0.29) is 0 Å². The second-order valence-corrected chi connectivity index (χ2v) is 6.26. The molecule has 0 aliphatic heterocycles. The minimum atomic E-state index is 0.419. The molecule has 2 aromatic heterocycles. The summed E-state index contributed by atoms with van der Waals surface area (Å²) in [5.41, 5.74) is 2.22. The van der Waals surface area contributed by atoms with Gasteiger partial charge in [0.05, 0.1) is 21.3 Å². The molecule has 0 saturated heterocycles. The monoisotopic (exact) mass is 267 g/mol. The Hall–Kier alpha value is -0.940. The smallest absolute Gasteiger partial charge is 0.183 e. The van der Waals surface area contributed by atoms with Gasteiger partial charge in [0.15, 0.2) is 5.13 Å². The zero-order chi connectivity index (χ0) is 12.4. The van der Waals surface area contributed by atoms with E-state index in [0.717, 1.165) is 27.9 Å². The molecular weight excluding hydrogens is 250 g/mol. The quantitative estimate of drug-likeness (QED) is 0.911. The van der Waals surface area contributed by atoms with Crippen molar-refractivity contribution in [1.82, 2.24) is 9.97 Å². The van der Waals surface area contributed by atoms with Crippen LogP contribution >= 0.6 is 22.7 Å². The number of nitrogens with one attached hydrogen (secondary N) is 1. The van der Waals surface area contributed by atoms with E-state index in [2.05, 4.69) is 41.4 Å². The summed E-state index contributed by atoms with van der Waals surface area (Å²) in [5.74, 6) is 0. The average molecular weight is 267 g/mol. The number of rotatable bonds is 4. The molecule has 0 aliphatic carbocycles. The number of nitrogens with zero attached hydrogens (tertiary/aromatic N) is 2. The Balaban J connectivity index is 2.29. The third kappa shape index (κ3) is 2.84. The second kappa shape index (κ2) is 5.14. The number of aromatic nitrogens is 2. The lowest BCUT2D eigenvalue weighted by Gasteiger charge is -2.04.